The van der Waals surface area contributed by atoms with Gasteiger partial charge in [-0.1, -0.05) is 158 Å². The fourth-order valence-corrected chi connectivity index (χ4v) is 9.23. The number of aromatic nitrogens is 1. The smallest absolute Gasteiger partial charge is 0.0645 e. The average molecular weight is 834 g/mol. The highest BCUT2D eigenvalue weighted by Gasteiger charge is 2.19. The maximum atomic E-state index is 9.48. The molecular weight excluding hydrogens is 787 g/mol. The minimum Gasteiger partial charge on any atom is -0.310 e. The molecule has 0 spiro atoms. The van der Waals surface area contributed by atoms with Gasteiger partial charge in [-0.3, -0.25) is 0 Å². The summed E-state index contributed by atoms with van der Waals surface area (Å²) in [5.74, 6) is 0. The third-order valence-electron chi connectivity index (χ3n) is 12.4. The van der Waals surface area contributed by atoms with Gasteiger partial charge in [-0.05, 0) is 147 Å². The highest BCUT2D eigenvalue weighted by molar-refractivity contribution is 6.11. The fourth-order valence-electron chi connectivity index (χ4n) is 9.23. The Morgan fingerprint density at radius 2 is 0.754 bits per heavy atom. The molecule has 0 atom stereocenters. The van der Waals surface area contributed by atoms with Crippen molar-refractivity contribution in [3.63, 3.8) is 0 Å². The molecule has 65 heavy (non-hydrogen) atoms. The lowest BCUT2D eigenvalue weighted by Gasteiger charge is -2.26. The first-order chi connectivity index (χ1) is 33.9. The van der Waals surface area contributed by atoms with Crippen molar-refractivity contribution in [1.29, 1.82) is 0 Å². The van der Waals surface area contributed by atoms with Crippen molar-refractivity contribution < 1.29 is 5.48 Å². The topological polar surface area (TPSA) is 11.4 Å². The molecule has 3 heteroatoms. The standard InChI is InChI=1S/C62H43N3/c1-4-14-44(15-5-1)46-26-32-55(33-27-46)64(58-38-39-62-60(43-58)59-22-12-13-23-61(59)65(62)53-20-8-3-9-21-53)57-37-31-50-40-49(24-25-51(50)42-57)47-28-34-54(35-29-47)63(52-18-6-2-7-19-52)56-36-30-45-16-10-11-17-48(45)41-56/h1-43H/i28D,29D,34D,35D. The first kappa shape index (κ1) is 33.9. The molecule has 11 aromatic carbocycles. The van der Waals surface area contributed by atoms with E-state index < -0.39 is 0 Å². The van der Waals surface area contributed by atoms with Crippen LogP contribution in [0.1, 0.15) is 5.48 Å². The maximum Gasteiger partial charge on any atom is 0.0645 e. The Bertz CT molecular complexity index is 3860. The third kappa shape index (κ3) is 7.06. The molecule has 0 fully saturated rings. The average Bonchev–Trinajstić information content (AvgIpc) is 3.74. The Hall–Kier alpha value is -8.66. The molecule has 0 aliphatic heterocycles. The van der Waals surface area contributed by atoms with Crippen LogP contribution in [0.3, 0.4) is 0 Å². The predicted octanol–water partition coefficient (Wildman–Crippen LogP) is 17.4. The highest BCUT2D eigenvalue weighted by atomic mass is 15.1. The number of nitrogens with zero attached hydrogens (tertiary/aromatic N) is 3. The highest BCUT2D eigenvalue weighted by Crippen LogP contribution is 2.42. The lowest BCUT2D eigenvalue weighted by molar-refractivity contribution is 1.18. The van der Waals surface area contributed by atoms with E-state index in [4.69, 9.17) is 0 Å². The van der Waals surface area contributed by atoms with Gasteiger partial charge in [-0.25, -0.2) is 0 Å². The zero-order valence-corrected chi connectivity index (χ0v) is 35.4. The van der Waals surface area contributed by atoms with E-state index in [-0.39, 0.29) is 35.4 Å². The van der Waals surface area contributed by atoms with E-state index in [1.54, 1.807) is 0 Å². The van der Waals surface area contributed by atoms with E-state index in [1.807, 2.05) is 102 Å². The Kier molecular flexibility index (Phi) is 8.47. The number of hydrogen-bond donors (Lipinski definition) is 0. The minimum atomic E-state index is -0.115. The Morgan fingerprint density at radius 3 is 1.51 bits per heavy atom. The van der Waals surface area contributed by atoms with Crippen molar-refractivity contribution in [1.82, 2.24) is 4.57 Å². The summed E-state index contributed by atoms with van der Waals surface area (Å²) in [6.07, 6.45) is 0. The summed E-state index contributed by atoms with van der Waals surface area (Å²) >= 11 is 0. The number of benzene rings is 11. The second-order valence-electron chi connectivity index (χ2n) is 16.3. The number of rotatable bonds is 9. The molecule has 1 aromatic heterocycles. The molecule has 0 saturated carbocycles. The molecule has 0 amide bonds. The van der Waals surface area contributed by atoms with Crippen LogP contribution < -0.4 is 9.80 Å². The first-order valence-electron chi connectivity index (χ1n) is 23.9. The van der Waals surface area contributed by atoms with Crippen LogP contribution in [-0.2, 0) is 0 Å². The van der Waals surface area contributed by atoms with E-state index in [9.17, 15) is 5.48 Å². The molecule has 12 rings (SSSR count). The largest absolute Gasteiger partial charge is 0.310 e. The quantitative estimate of drug-likeness (QED) is 0.144. The molecule has 0 N–H and O–H groups in total. The van der Waals surface area contributed by atoms with E-state index in [0.717, 1.165) is 83.2 Å². The van der Waals surface area contributed by atoms with Crippen LogP contribution in [0.15, 0.2) is 261 Å². The van der Waals surface area contributed by atoms with Gasteiger partial charge in [0.25, 0.3) is 0 Å². The molecule has 0 radical (unpaired) electrons. The van der Waals surface area contributed by atoms with Gasteiger partial charge in [0.1, 0.15) is 0 Å². The zero-order valence-electron chi connectivity index (χ0n) is 39.4. The van der Waals surface area contributed by atoms with Crippen molar-refractivity contribution in [2.75, 3.05) is 9.80 Å². The van der Waals surface area contributed by atoms with Gasteiger partial charge in [0.05, 0.1) is 16.5 Å². The van der Waals surface area contributed by atoms with Crippen molar-refractivity contribution in [3.05, 3.63) is 261 Å². The summed E-state index contributed by atoms with van der Waals surface area (Å²) in [7, 11) is 0. The second-order valence-corrected chi connectivity index (χ2v) is 16.3. The number of hydrogen-bond acceptors (Lipinski definition) is 2. The SMILES string of the molecule is [2H]c1c([2H])c(N(c2ccccc2)c2ccc3ccccc3c2)c([2H])c([2H])c1-c1ccc2cc(N(c3ccc(-c4ccccc4)cc3)c3ccc4c(c3)c3ccccc3n4-c3ccccc3)ccc2c1. The van der Waals surface area contributed by atoms with Gasteiger partial charge in [-0.15, -0.1) is 0 Å². The summed E-state index contributed by atoms with van der Waals surface area (Å²) in [4.78, 5) is 4.13. The summed E-state index contributed by atoms with van der Waals surface area (Å²) in [6, 6.07) is 80.5. The molecule has 0 bridgehead atoms. The van der Waals surface area contributed by atoms with Gasteiger partial charge >= 0.3 is 0 Å². The van der Waals surface area contributed by atoms with Crippen molar-refractivity contribution in [2.45, 2.75) is 0 Å². The van der Waals surface area contributed by atoms with Gasteiger partial charge in [-0.2, -0.15) is 0 Å². The van der Waals surface area contributed by atoms with Crippen molar-refractivity contribution >= 4 is 77.5 Å². The summed E-state index contributed by atoms with van der Waals surface area (Å²) in [5.41, 5.74) is 11.2. The van der Waals surface area contributed by atoms with Crippen LogP contribution >= 0.6 is 0 Å². The van der Waals surface area contributed by atoms with Crippen LogP contribution in [0.2, 0.25) is 0 Å². The molecular formula is C62H43N3. The fraction of sp³-hybridized carbons (Fsp3) is 0. The lowest BCUT2D eigenvalue weighted by atomic mass is 9.99. The second kappa shape index (κ2) is 16.2. The Balaban J connectivity index is 0.965. The monoisotopic (exact) mass is 833 g/mol. The molecule has 1 heterocycles. The van der Waals surface area contributed by atoms with E-state index in [2.05, 4.69) is 149 Å². The van der Waals surface area contributed by atoms with Crippen LogP contribution in [-0.4, -0.2) is 4.57 Å². The molecule has 0 saturated heterocycles. The van der Waals surface area contributed by atoms with Gasteiger partial charge < -0.3 is 14.4 Å². The van der Waals surface area contributed by atoms with Crippen LogP contribution in [0.4, 0.5) is 34.1 Å². The molecule has 0 unspecified atom stereocenters. The first-order valence-corrected chi connectivity index (χ1v) is 21.9. The van der Waals surface area contributed by atoms with E-state index >= 15 is 0 Å². The minimum absolute atomic E-state index is 0.0992. The normalized spacial score (nSPS) is 12.2. The lowest BCUT2D eigenvalue weighted by Crippen LogP contribution is -2.10. The molecule has 0 aliphatic carbocycles. The Labute approximate surface area is 384 Å². The third-order valence-corrected chi connectivity index (χ3v) is 12.4. The number of anilines is 6. The van der Waals surface area contributed by atoms with Crippen molar-refractivity contribution in [2.24, 2.45) is 0 Å². The van der Waals surface area contributed by atoms with Crippen molar-refractivity contribution in [3.8, 4) is 27.9 Å². The number of fused-ring (bicyclic) bond motifs is 5. The van der Waals surface area contributed by atoms with E-state index in [0.29, 0.717) is 5.56 Å². The molecule has 306 valence electrons. The van der Waals surface area contributed by atoms with Gasteiger partial charge in [0.2, 0.25) is 0 Å². The Morgan fingerprint density at radius 1 is 0.277 bits per heavy atom. The molecule has 0 aliphatic rings. The van der Waals surface area contributed by atoms with Gasteiger partial charge in [0.15, 0.2) is 0 Å². The maximum absolute atomic E-state index is 9.48. The van der Waals surface area contributed by atoms with Crippen LogP contribution in [0, 0.1) is 0 Å². The summed E-state index contributed by atoms with van der Waals surface area (Å²) in [6.45, 7) is 0. The molecule has 3 nitrogen and oxygen atoms in total. The van der Waals surface area contributed by atoms with Gasteiger partial charge in [0, 0.05) is 50.6 Å². The number of para-hydroxylation sites is 3. The zero-order chi connectivity index (χ0) is 46.6. The summed E-state index contributed by atoms with van der Waals surface area (Å²) < 4.78 is 40.2. The predicted molar refractivity (Wildman–Crippen MR) is 276 cm³/mol. The van der Waals surface area contributed by atoms with Crippen LogP contribution in [0.25, 0.3) is 71.3 Å². The van der Waals surface area contributed by atoms with E-state index in [1.165, 1.54) is 5.39 Å². The molecule has 12 aromatic rings. The summed E-state index contributed by atoms with van der Waals surface area (Å²) in [5, 5.41) is 6.30. The van der Waals surface area contributed by atoms with Crippen LogP contribution in [0.5, 0.6) is 0 Å².